The number of aromatic nitrogens is 1. The summed E-state index contributed by atoms with van der Waals surface area (Å²) in [7, 11) is -3.53. The van der Waals surface area contributed by atoms with Crippen molar-refractivity contribution in [3.8, 4) is 5.75 Å². The minimum absolute atomic E-state index is 0.00604. The number of carbonyl (C=O) groups is 1. The van der Waals surface area contributed by atoms with Gasteiger partial charge in [-0.2, -0.15) is 0 Å². The maximum Gasteiger partial charge on any atom is 0.261 e. The minimum Gasteiger partial charge on any atom is -0.506 e. The van der Waals surface area contributed by atoms with E-state index in [1.165, 1.54) is 6.07 Å². The van der Waals surface area contributed by atoms with Crippen LogP contribution >= 0.6 is 54.8 Å². The molecule has 0 radical (unpaired) electrons. The standard InChI is InChI=1S/C11H7Br2ClN2O4S2/c1-22(19,20)10-8(14)15-11(21-10)16-9(18)5-2-4(12)3-6(13)7(5)17/h2-3,17H,1H3,(H,15,16,18). The molecular weight excluding hydrogens is 484 g/mol. The molecule has 0 unspecified atom stereocenters. The quantitative estimate of drug-likeness (QED) is 0.684. The third-order valence-electron chi connectivity index (χ3n) is 2.39. The van der Waals surface area contributed by atoms with E-state index in [1.54, 1.807) is 6.07 Å². The number of aromatic hydroxyl groups is 1. The molecule has 0 atom stereocenters. The second-order valence-corrected chi connectivity index (χ2v) is 9.45. The number of amides is 1. The number of anilines is 1. The highest BCUT2D eigenvalue weighted by atomic mass is 79.9. The third kappa shape index (κ3) is 3.80. The number of phenolic OH excluding ortho intramolecular Hbond substituents is 1. The molecule has 1 heterocycles. The van der Waals surface area contributed by atoms with Crippen molar-refractivity contribution < 1.29 is 18.3 Å². The minimum atomic E-state index is -3.53. The summed E-state index contributed by atoms with van der Waals surface area (Å²) >= 11 is 12.8. The van der Waals surface area contributed by atoms with E-state index in [9.17, 15) is 18.3 Å². The monoisotopic (exact) mass is 488 g/mol. The smallest absolute Gasteiger partial charge is 0.261 e. The Bertz CT molecular complexity index is 867. The highest BCUT2D eigenvalue weighted by Gasteiger charge is 2.21. The van der Waals surface area contributed by atoms with E-state index in [1.807, 2.05) is 0 Å². The molecule has 2 rings (SSSR count). The summed E-state index contributed by atoms with van der Waals surface area (Å²) in [5.41, 5.74) is -0.00604. The van der Waals surface area contributed by atoms with Crippen LogP contribution in [0.1, 0.15) is 10.4 Å². The van der Waals surface area contributed by atoms with Crippen molar-refractivity contribution in [2.45, 2.75) is 4.21 Å². The van der Waals surface area contributed by atoms with Gasteiger partial charge < -0.3 is 5.11 Å². The fourth-order valence-corrected chi connectivity index (χ4v) is 5.15. The maximum atomic E-state index is 12.2. The van der Waals surface area contributed by atoms with Crippen LogP contribution in [0.2, 0.25) is 5.15 Å². The number of sulfone groups is 1. The number of rotatable bonds is 3. The van der Waals surface area contributed by atoms with E-state index in [2.05, 4.69) is 42.2 Å². The Morgan fingerprint density at radius 3 is 2.59 bits per heavy atom. The fourth-order valence-electron chi connectivity index (χ4n) is 1.47. The summed E-state index contributed by atoms with van der Waals surface area (Å²) in [6, 6.07) is 3.00. The summed E-state index contributed by atoms with van der Waals surface area (Å²) in [4.78, 5) is 16.0. The van der Waals surface area contributed by atoms with Gasteiger partial charge in [-0.1, -0.05) is 38.9 Å². The number of hydrogen-bond donors (Lipinski definition) is 2. The summed E-state index contributed by atoms with van der Waals surface area (Å²) in [5, 5.41) is 12.1. The van der Waals surface area contributed by atoms with E-state index in [0.29, 0.717) is 8.95 Å². The van der Waals surface area contributed by atoms with E-state index >= 15 is 0 Å². The number of phenols is 1. The molecular formula is C11H7Br2ClN2O4S2. The Morgan fingerprint density at radius 1 is 1.41 bits per heavy atom. The molecule has 2 N–H and O–H groups in total. The van der Waals surface area contributed by atoms with Gasteiger partial charge in [0.1, 0.15) is 5.75 Å². The molecule has 0 aliphatic carbocycles. The first kappa shape index (κ1) is 17.7. The average Bonchev–Trinajstić information content (AvgIpc) is 2.74. The molecule has 22 heavy (non-hydrogen) atoms. The van der Waals surface area contributed by atoms with E-state index < -0.39 is 15.7 Å². The zero-order chi connectivity index (χ0) is 16.7. The van der Waals surface area contributed by atoms with Crippen molar-refractivity contribution in [2.75, 3.05) is 11.6 Å². The molecule has 0 saturated heterocycles. The first-order chi connectivity index (χ1) is 10.1. The lowest BCUT2D eigenvalue weighted by atomic mass is 10.2. The van der Waals surface area contributed by atoms with Crippen LogP contribution in [0.5, 0.6) is 5.75 Å². The molecule has 1 amide bonds. The molecule has 118 valence electrons. The summed E-state index contributed by atoms with van der Waals surface area (Å²) < 4.78 is 23.8. The zero-order valence-electron chi connectivity index (χ0n) is 10.7. The SMILES string of the molecule is CS(=O)(=O)c1sc(NC(=O)c2cc(Br)cc(Br)c2O)nc1Cl. The van der Waals surface area contributed by atoms with Crippen LogP contribution in [0, 0.1) is 0 Å². The molecule has 1 aromatic carbocycles. The first-order valence-corrected chi connectivity index (χ1v) is 10.1. The number of nitrogens with one attached hydrogen (secondary N) is 1. The van der Waals surface area contributed by atoms with Crippen molar-refractivity contribution >= 4 is 75.7 Å². The molecule has 0 bridgehead atoms. The summed E-state index contributed by atoms with van der Waals surface area (Å²) in [6.07, 6.45) is 0.995. The first-order valence-electron chi connectivity index (χ1n) is 5.45. The van der Waals surface area contributed by atoms with Gasteiger partial charge in [-0.15, -0.1) is 0 Å². The number of benzene rings is 1. The number of thiazole rings is 1. The molecule has 0 aliphatic heterocycles. The van der Waals surface area contributed by atoms with Crippen LogP contribution < -0.4 is 5.32 Å². The van der Waals surface area contributed by atoms with Crippen molar-refractivity contribution in [1.82, 2.24) is 4.98 Å². The van der Waals surface area contributed by atoms with Gasteiger partial charge in [0.2, 0.25) is 0 Å². The van der Waals surface area contributed by atoms with E-state index in [4.69, 9.17) is 11.6 Å². The lowest BCUT2D eigenvalue weighted by molar-refractivity contribution is 0.102. The lowest BCUT2D eigenvalue weighted by Crippen LogP contribution is -2.12. The second kappa shape index (κ2) is 6.44. The van der Waals surface area contributed by atoms with Crippen molar-refractivity contribution in [3.63, 3.8) is 0 Å². The molecule has 6 nitrogen and oxygen atoms in total. The Labute approximate surface area is 151 Å². The largest absolute Gasteiger partial charge is 0.506 e. The van der Waals surface area contributed by atoms with Crippen LogP contribution in [0.15, 0.2) is 25.3 Å². The number of carbonyl (C=O) groups excluding carboxylic acids is 1. The van der Waals surface area contributed by atoms with E-state index in [-0.39, 0.29) is 25.8 Å². The Hall–Kier alpha value is -0.680. The molecule has 0 saturated carbocycles. The zero-order valence-corrected chi connectivity index (χ0v) is 16.3. The second-order valence-electron chi connectivity index (χ2n) is 4.11. The fraction of sp³-hybridized carbons (Fsp3) is 0.0909. The predicted molar refractivity (Wildman–Crippen MR) is 91.7 cm³/mol. The predicted octanol–water partition coefficient (Wildman–Crippen LogP) is 3.68. The van der Waals surface area contributed by atoms with Gasteiger partial charge in [-0.3, -0.25) is 10.1 Å². The van der Waals surface area contributed by atoms with Gasteiger partial charge in [0.15, 0.2) is 24.3 Å². The van der Waals surface area contributed by atoms with Crippen LogP contribution in [0.25, 0.3) is 0 Å². The van der Waals surface area contributed by atoms with Crippen molar-refractivity contribution in [2.24, 2.45) is 0 Å². The van der Waals surface area contributed by atoms with Crippen molar-refractivity contribution in [3.05, 3.63) is 31.8 Å². The van der Waals surface area contributed by atoms with Gasteiger partial charge in [0, 0.05) is 10.7 Å². The summed E-state index contributed by atoms with van der Waals surface area (Å²) in [6.45, 7) is 0. The Morgan fingerprint density at radius 2 is 2.05 bits per heavy atom. The Kier molecular flexibility index (Phi) is 5.17. The maximum absolute atomic E-state index is 12.2. The van der Waals surface area contributed by atoms with Gasteiger partial charge in [-0.25, -0.2) is 13.4 Å². The highest BCUT2D eigenvalue weighted by Crippen LogP contribution is 2.34. The number of halogens is 3. The highest BCUT2D eigenvalue weighted by molar-refractivity contribution is 9.11. The van der Waals surface area contributed by atoms with Gasteiger partial charge >= 0.3 is 0 Å². The van der Waals surface area contributed by atoms with Gasteiger partial charge in [0.05, 0.1) is 10.0 Å². The molecule has 0 spiro atoms. The Balaban J connectivity index is 2.35. The van der Waals surface area contributed by atoms with Gasteiger partial charge in [-0.05, 0) is 28.1 Å². The molecule has 2 aromatic rings. The van der Waals surface area contributed by atoms with Crippen LogP contribution in [0.3, 0.4) is 0 Å². The molecule has 0 fully saturated rings. The van der Waals surface area contributed by atoms with Crippen molar-refractivity contribution in [1.29, 1.82) is 0 Å². The topological polar surface area (TPSA) is 96.4 Å². The third-order valence-corrected chi connectivity index (χ3v) is 6.74. The molecule has 0 aliphatic rings. The molecule has 1 aromatic heterocycles. The van der Waals surface area contributed by atoms with Crippen LogP contribution in [0.4, 0.5) is 5.13 Å². The van der Waals surface area contributed by atoms with E-state index in [0.717, 1.165) is 17.6 Å². The van der Waals surface area contributed by atoms with Gasteiger partial charge in [0.25, 0.3) is 5.91 Å². The van der Waals surface area contributed by atoms with Crippen LogP contribution in [-0.4, -0.2) is 30.7 Å². The average molecular weight is 491 g/mol. The van der Waals surface area contributed by atoms with Crippen LogP contribution in [-0.2, 0) is 9.84 Å². The normalized spacial score (nSPS) is 11.5. The number of nitrogens with zero attached hydrogens (tertiary/aromatic N) is 1. The lowest BCUT2D eigenvalue weighted by Gasteiger charge is -2.06. The summed E-state index contributed by atoms with van der Waals surface area (Å²) in [5.74, 6) is -0.892. The number of hydrogen-bond acceptors (Lipinski definition) is 6. The molecule has 11 heteroatoms.